The van der Waals surface area contributed by atoms with E-state index < -0.39 is 0 Å². The summed E-state index contributed by atoms with van der Waals surface area (Å²) in [6.07, 6.45) is 9.51. The van der Waals surface area contributed by atoms with Gasteiger partial charge in [0.2, 0.25) is 0 Å². The summed E-state index contributed by atoms with van der Waals surface area (Å²) >= 11 is 0. The number of nitrogens with one attached hydrogen (secondary N) is 2. The summed E-state index contributed by atoms with van der Waals surface area (Å²) in [6, 6.07) is 8.71. The number of pyridine rings is 1. The molecule has 0 aliphatic carbocycles. The van der Waals surface area contributed by atoms with Gasteiger partial charge < -0.3 is 29.4 Å². The first-order chi connectivity index (χ1) is 18.7. The molecular formula is C31H42N4O3. The van der Waals surface area contributed by atoms with E-state index in [1.807, 2.05) is 19.1 Å². The van der Waals surface area contributed by atoms with Crippen molar-refractivity contribution in [2.24, 2.45) is 5.92 Å². The number of hydrogen-bond acceptors (Lipinski definition) is 7. The Balaban J connectivity index is 1.31. The molecule has 0 spiro atoms. The second kappa shape index (κ2) is 11.5. The van der Waals surface area contributed by atoms with Gasteiger partial charge in [-0.1, -0.05) is 0 Å². The van der Waals surface area contributed by atoms with Gasteiger partial charge in [-0.25, -0.2) is 4.98 Å². The molecule has 2 N–H and O–H groups in total. The van der Waals surface area contributed by atoms with Crippen molar-refractivity contribution in [2.45, 2.75) is 64.3 Å². The molecule has 2 aromatic heterocycles. The molecule has 3 aromatic rings. The maximum Gasteiger partial charge on any atom is 0.163 e. The molecule has 2 fully saturated rings. The van der Waals surface area contributed by atoms with Crippen molar-refractivity contribution in [3.05, 3.63) is 35.6 Å². The van der Waals surface area contributed by atoms with Gasteiger partial charge in [0.05, 0.1) is 19.2 Å². The summed E-state index contributed by atoms with van der Waals surface area (Å²) in [6.45, 7) is 8.46. The van der Waals surface area contributed by atoms with E-state index in [1.165, 1.54) is 56.4 Å². The van der Waals surface area contributed by atoms with E-state index in [2.05, 4.69) is 27.7 Å². The minimum atomic E-state index is 0.467. The van der Waals surface area contributed by atoms with E-state index in [0.29, 0.717) is 12.6 Å². The number of ether oxygens (including phenoxy) is 2. The van der Waals surface area contributed by atoms with Gasteiger partial charge in [0, 0.05) is 35.3 Å². The smallest absolute Gasteiger partial charge is 0.163 e. The molecule has 1 aromatic carbocycles. The number of aryl methyl sites for hydroxylation is 1. The van der Waals surface area contributed by atoms with Crippen LogP contribution in [0.4, 0.5) is 5.69 Å². The Morgan fingerprint density at radius 3 is 2.68 bits per heavy atom. The van der Waals surface area contributed by atoms with Gasteiger partial charge in [-0.05, 0) is 109 Å². The van der Waals surface area contributed by atoms with E-state index in [1.54, 1.807) is 7.11 Å². The van der Waals surface area contributed by atoms with Crippen molar-refractivity contribution in [3.8, 4) is 23.0 Å². The van der Waals surface area contributed by atoms with Crippen LogP contribution in [0.2, 0.25) is 0 Å². The number of piperidine rings is 1. The van der Waals surface area contributed by atoms with Crippen LogP contribution in [0.3, 0.4) is 0 Å². The first-order valence-electron chi connectivity index (χ1n) is 14.6. The average molecular weight is 519 g/mol. The Morgan fingerprint density at radius 1 is 1.08 bits per heavy atom. The van der Waals surface area contributed by atoms with Gasteiger partial charge in [0.1, 0.15) is 11.5 Å². The second-order valence-corrected chi connectivity index (χ2v) is 11.3. The SMILES string of the molecule is COc1cc2c3c(c(-c4ccc(C)o4)nc2cc1OCCCN1CCCC1)CCC(CC1CCNCC1)N3. The molecule has 1 unspecified atom stereocenters. The van der Waals surface area contributed by atoms with Crippen LogP contribution in [0.25, 0.3) is 22.4 Å². The van der Waals surface area contributed by atoms with Crippen molar-refractivity contribution < 1.29 is 13.9 Å². The van der Waals surface area contributed by atoms with Crippen LogP contribution in [0, 0.1) is 12.8 Å². The van der Waals surface area contributed by atoms with Crippen LogP contribution in [-0.4, -0.2) is 62.4 Å². The zero-order chi connectivity index (χ0) is 25.9. The third-order valence-corrected chi connectivity index (χ3v) is 8.59. The number of furan rings is 1. The maximum absolute atomic E-state index is 6.27. The standard InChI is InChI=1S/C31H42N4O3/c1-21-6-9-27(38-21)31-24-8-7-23(18-22-10-12-32-13-11-22)33-30(24)25-19-28(36-2)29(20-26(25)34-31)37-17-5-16-35-14-3-4-15-35/h6,9,19-20,22-23,32-33H,3-5,7-8,10-18H2,1-2H3. The van der Waals surface area contributed by atoms with Gasteiger partial charge in [-0.2, -0.15) is 0 Å². The van der Waals surface area contributed by atoms with Crippen LogP contribution in [0.1, 0.15) is 56.3 Å². The lowest BCUT2D eigenvalue weighted by Gasteiger charge is -2.33. The lowest BCUT2D eigenvalue weighted by atomic mass is 9.85. The van der Waals surface area contributed by atoms with Gasteiger partial charge in [-0.3, -0.25) is 0 Å². The molecule has 6 rings (SSSR count). The molecule has 204 valence electrons. The van der Waals surface area contributed by atoms with Gasteiger partial charge in [0.15, 0.2) is 17.3 Å². The molecule has 0 amide bonds. The molecule has 3 aliphatic heterocycles. The molecule has 2 saturated heterocycles. The summed E-state index contributed by atoms with van der Waals surface area (Å²) in [5.74, 6) is 4.05. The van der Waals surface area contributed by atoms with E-state index >= 15 is 0 Å². The first kappa shape index (κ1) is 25.5. The highest BCUT2D eigenvalue weighted by molar-refractivity contribution is 5.98. The first-order valence-corrected chi connectivity index (χ1v) is 14.6. The largest absolute Gasteiger partial charge is 0.493 e. The van der Waals surface area contributed by atoms with Crippen molar-refractivity contribution in [2.75, 3.05) is 51.8 Å². The zero-order valence-electron chi connectivity index (χ0n) is 23.0. The number of rotatable bonds is 9. The Hall–Kier alpha value is -2.77. The topological polar surface area (TPSA) is 71.8 Å². The molecule has 1 atom stereocenters. The van der Waals surface area contributed by atoms with Gasteiger partial charge in [0.25, 0.3) is 0 Å². The van der Waals surface area contributed by atoms with Crippen molar-refractivity contribution in [3.63, 3.8) is 0 Å². The van der Waals surface area contributed by atoms with E-state index in [9.17, 15) is 0 Å². The molecule has 0 radical (unpaired) electrons. The van der Waals surface area contributed by atoms with Crippen molar-refractivity contribution in [1.29, 1.82) is 0 Å². The van der Waals surface area contributed by atoms with Crippen molar-refractivity contribution in [1.82, 2.24) is 15.2 Å². The summed E-state index contributed by atoms with van der Waals surface area (Å²) in [5, 5.41) is 8.56. The quantitative estimate of drug-likeness (QED) is 0.347. The molecule has 7 heteroatoms. The third-order valence-electron chi connectivity index (χ3n) is 8.59. The zero-order valence-corrected chi connectivity index (χ0v) is 23.0. The maximum atomic E-state index is 6.27. The fraction of sp³-hybridized carbons (Fsp3) is 0.581. The van der Waals surface area contributed by atoms with Crippen LogP contribution < -0.4 is 20.1 Å². The summed E-state index contributed by atoms with van der Waals surface area (Å²) in [7, 11) is 1.73. The number of nitrogens with zero attached hydrogens (tertiary/aromatic N) is 2. The van der Waals surface area contributed by atoms with Gasteiger partial charge >= 0.3 is 0 Å². The third kappa shape index (κ3) is 5.50. The highest BCUT2D eigenvalue weighted by atomic mass is 16.5. The highest BCUT2D eigenvalue weighted by Gasteiger charge is 2.28. The highest BCUT2D eigenvalue weighted by Crippen LogP contribution is 2.43. The lowest BCUT2D eigenvalue weighted by molar-refractivity contribution is 0.254. The fourth-order valence-electron chi connectivity index (χ4n) is 6.52. The number of benzene rings is 1. The minimum absolute atomic E-state index is 0.467. The predicted molar refractivity (Wildman–Crippen MR) is 152 cm³/mol. The van der Waals surface area contributed by atoms with Crippen LogP contribution in [-0.2, 0) is 6.42 Å². The van der Waals surface area contributed by atoms with E-state index in [4.69, 9.17) is 18.9 Å². The number of anilines is 1. The van der Waals surface area contributed by atoms with Crippen molar-refractivity contribution >= 4 is 16.6 Å². The molecule has 7 nitrogen and oxygen atoms in total. The molecule has 0 saturated carbocycles. The minimum Gasteiger partial charge on any atom is -0.493 e. The molecule has 5 heterocycles. The number of methoxy groups -OCH3 is 1. The molecule has 0 bridgehead atoms. The Bertz CT molecular complexity index is 1240. The number of aromatic nitrogens is 1. The summed E-state index contributed by atoms with van der Waals surface area (Å²) in [4.78, 5) is 7.68. The van der Waals surface area contributed by atoms with Crippen LogP contribution in [0.15, 0.2) is 28.7 Å². The Kier molecular flexibility index (Phi) is 7.75. The Morgan fingerprint density at radius 2 is 1.92 bits per heavy atom. The normalized spacial score (nSPS) is 20.4. The number of likely N-dealkylation sites (tertiary alicyclic amines) is 1. The summed E-state index contributed by atoms with van der Waals surface area (Å²) in [5.41, 5.74) is 4.29. The van der Waals surface area contributed by atoms with E-state index in [0.717, 1.165) is 84.4 Å². The monoisotopic (exact) mass is 518 g/mol. The second-order valence-electron chi connectivity index (χ2n) is 11.3. The average Bonchev–Trinajstić information content (AvgIpc) is 3.62. The lowest BCUT2D eigenvalue weighted by Crippen LogP contribution is -2.33. The summed E-state index contributed by atoms with van der Waals surface area (Å²) < 4.78 is 18.2. The fourth-order valence-corrected chi connectivity index (χ4v) is 6.52. The van der Waals surface area contributed by atoms with Crippen LogP contribution >= 0.6 is 0 Å². The number of hydrogen-bond donors (Lipinski definition) is 2. The molecular weight excluding hydrogens is 476 g/mol. The van der Waals surface area contributed by atoms with Gasteiger partial charge in [-0.15, -0.1) is 0 Å². The van der Waals surface area contributed by atoms with Crippen LogP contribution in [0.5, 0.6) is 11.5 Å². The molecule has 3 aliphatic rings. The predicted octanol–water partition coefficient (Wildman–Crippen LogP) is 5.79. The Labute approximate surface area is 226 Å². The number of fused-ring (bicyclic) bond motifs is 3. The van der Waals surface area contributed by atoms with E-state index in [-0.39, 0.29) is 0 Å². The molecule has 38 heavy (non-hydrogen) atoms.